The average Bonchev–Trinajstić information content (AvgIpc) is 3.42. The summed E-state index contributed by atoms with van der Waals surface area (Å²) in [7, 11) is -3.13. The molecule has 296 valence electrons. The molecule has 9 nitrogen and oxygen atoms in total. The molecule has 6 rings (SSSR count). The maximum Gasteiger partial charge on any atom is 0.309 e. The fourth-order valence-electron chi connectivity index (χ4n) is 14.0. The molecule has 10 atom stereocenters. The van der Waals surface area contributed by atoms with Gasteiger partial charge in [0.25, 0.3) is 0 Å². The van der Waals surface area contributed by atoms with E-state index in [-0.39, 0.29) is 45.7 Å². The monoisotopic (exact) mass is 746 g/mol. The zero-order valence-corrected chi connectivity index (χ0v) is 34.8. The van der Waals surface area contributed by atoms with Gasteiger partial charge in [0.05, 0.1) is 18.1 Å². The molecule has 1 unspecified atom stereocenters. The first kappa shape index (κ1) is 40.2. The molecule has 6 aliphatic rings. The number of nitrogens with zero attached hydrogens (tertiary/aromatic N) is 2. The molecule has 6 fully saturated rings. The Kier molecular flexibility index (Phi) is 10.5. The Labute approximate surface area is 315 Å². The van der Waals surface area contributed by atoms with E-state index in [4.69, 9.17) is 4.74 Å². The fraction of sp³-hybridized carbons (Fsp3) is 0.905. The molecule has 5 saturated carbocycles. The van der Waals surface area contributed by atoms with Gasteiger partial charge in [0, 0.05) is 50.2 Å². The summed E-state index contributed by atoms with van der Waals surface area (Å²) in [5.74, 6) is 1.45. The first-order valence-electron chi connectivity index (χ1n) is 20.5. The number of esters is 1. The van der Waals surface area contributed by atoms with Gasteiger partial charge < -0.3 is 15.2 Å². The maximum atomic E-state index is 13.1. The molecule has 2 N–H and O–H groups in total. The van der Waals surface area contributed by atoms with Crippen molar-refractivity contribution in [1.29, 1.82) is 0 Å². The van der Waals surface area contributed by atoms with Crippen molar-refractivity contribution in [2.75, 3.05) is 45.5 Å². The molecule has 1 aliphatic heterocycles. The van der Waals surface area contributed by atoms with Gasteiger partial charge in [-0.25, -0.2) is 8.42 Å². The van der Waals surface area contributed by atoms with Crippen molar-refractivity contribution in [2.45, 2.75) is 138 Å². The molecule has 52 heavy (non-hydrogen) atoms. The number of sulfonamides is 1. The van der Waals surface area contributed by atoms with E-state index >= 15 is 0 Å². The molecule has 5 aliphatic carbocycles. The topological polar surface area (TPSA) is 116 Å². The number of hydrogen-bond donors (Lipinski definition) is 2. The van der Waals surface area contributed by atoms with E-state index in [0.29, 0.717) is 42.7 Å². The highest BCUT2D eigenvalue weighted by molar-refractivity contribution is 7.88. The number of aliphatic carboxylic acids is 1. The summed E-state index contributed by atoms with van der Waals surface area (Å²) < 4.78 is 31.9. The van der Waals surface area contributed by atoms with Gasteiger partial charge in [0.1, 0.15) is 6.10 Å². The number of piperazine rings is 1. The van der Waals surface area contributed by atoms with Crippen LogP contribution in [0, 0.1) is 56.7 Å². The molecule has 0 aromatic heterocycles. The van der Waals surface area contributed by atoms with Crippen LogP contribution in [0.5, 0.6) is 0 Å². The van der Waals surface area contributed by atoms with Gasteiger partial charge in [-0.3, -0.25) is 14.5 Å². The quantitative estimate of drug-likeness (QED) is 0.182. The highest BCUT2D eigenvalue weighted by atomic mass is 32.2. The van der Waals surface area contributed by atoms with Crippen LogP contribution < -0.4 is 5.32 Å². The minimum Gasteiger partial charge on any atom is -0.481 e. The minimum absolute atomic E-state index is 0.109. The number of nitrogens with one attached hydrogen (secondary N) is 1. The van der Waals surface area contributed by atoms with Gasteiger partial charge >= 0.3 is 11.9 Å². The van der Waals surface area contributed by atoms with Crippen LogP contribution in [0.1, 0.15) is 126 Å². The highest BCUT2D eigenvalue weighted by Gasteiger charge is 2.71. The maximum absolute atomic E-state index is 13.1. The minimum atomic E-state index is -3.13. The second-order valence-corrected chi connectivity index (χ2v) is 22.5. The molecule has 0 radical (unpaired) electrons. The highest BCUT2D eigenvalue weighted by Crippen LogP contribution is 2.76. The summed E-state index contributed by atoms with van der Waals surface area (Å²) in [4.78, 5) is 27.3. The lowest BCUT2D eigenvalue weighted by Gasteiger charge is -2.73. The van der Waals surface area contributed by atoms with E-state index < -0.39 is 21.4 Å². The Balaban J connectivity index is 1.18. The lowest BCUT2D eigenvalue weighted by atomic mass is 9.32. The summed E-state index contributed by atoms with van der Waals surface area (Å²) in [6.45, 7) is 27.2. The van der Waals surface area contributed by atoms with Crippen molar-refractivity contribution in [3.05, 3.63) is 12.2 Å². The molecule has 1 heterocycles. The zero-order valence-electron chi connectivity index (χ0n) is 34.0. The van der Waals surface area contributed by atoms with Crippen LogP contribution in [0.15, 0.2) is 12.2 Å². The van der Waals surface area contributed by atoms with Crippen molar-refractivity contribution >= 4 is 22.0 Å². The summed E-state index contributed by atoms with van der Waals surface area (Å²) in [5, 5.41) is 13.8. The molecule has 0 bridgehead atoms. The summed E-state index contributed by atoms with van der Waals surface area (Å²) in [6.07, 6.45) is 12.6. The standard InChI is InChI=1S/C42H71N3O6S/c1-28(2)29-13-18-42(43-21-22-44-23-25-45(26-24-44)52(10,49)50)20-19-40(8)30(35(29)42)11-12-32-39(7)16-15-33(51-34(46)27-37(3,4)36(47)48)38(5,6)31(39)14-17-41(32,40)9/h29-33,35,43H,1,11-27H2,2-10H3,(H,47,48)/t29-,30?,31-,32+,33-,35+,39-,40+,41+,42-/m0/s1. The van der Waals surface area contributed by atoms with Crippen LogP contribution >= 0.6 is 0 Å². The van der Waals surface area contributed by atoms with E-state index in [1.165, 1.54) is 56.8 Å². The second-order valence-electron chi connectivity index (χ2n) is 20.5. The third-order valence-corrected chi connectivity index (χ3v) is 18.5. The second kappa shape index (κ2) is 13.6. The van der Waals surface area contributed by atoms with Gasteiger partial charge in [0.2, 0.25) is 10.0 Å². The van der Waals surface area contributed by atoms with Crippen molar-refractivity contribution < 1.29 is 27.9 Å². The number of carboxylic acid groups (broad SMARTS) is 1. The summed E-state index contributed by atoms with van der Waals surface area (Å²) in [6, 6.07) is 0. The van der Waals surface area contributed by atoms with Crippen molar-refractivity contribution in [3.63, 3.8) is 0 Å². The zero-order chi connectivity index (χ0) is 38.3. The SMILES string of the molecule is C=C(C)[C@@H]1CC[C@]2(NCCN3CCN(S(C)(=O)=O)CC3)CC[C@]3(C)C(CC[C@@H]4[C@@]5(C)CC[C@H](OC(=O)CC(C)(C)C(=O)O)C(C)(C)[C@@H]5CC[C@]43C)[C@@H]12. The first-order valence-corrected chi connectivity index (χ1v) is 22.4. The van der Waals surface area contributed by atoms with Crippen molar-refractivity contribution in [3.8, 4) is 0 Å². The van der Waals surface area contributed by atoms with Crippen LogP contribution in [0.4, 0.5) is 0 Å². The Morgan fingerprint density at radius 3 is 2.17 bits per heavy atom. The number of fused-ring (bicyclic) bond motifs is 7. The molecule has 10 heteroatoms. The number of carbonyl (C=O) groups is 2. The molecule has 0 amide bonds. The Hall–Kier alpha value is -1.49. The predicted molar refractivity (Wildman–Crippen MR) is 206 cm³/mol. The third-order valence-electron chi connectivity index (χ3n) is 17.2. The molecule has 0 spiro atoms. The van der Waals surface area contributed by atoms with E-state index in [1.807, 2.05) is 0 Å². The largest absolute Gasteiger partial charge is 0.481 e. The molecule has 0 aromatic carbocycles. The molecular weight excluding hydrogens is 675 g/mol. The van der Waals surface area contributed by atoms with Crippen molar-refractivity contribution in [1.82, 2.24) is 14.5 Å². The van der Waals surface area contributed by atoms with E-state index in [2.05, 4.69) is 58.3 Å². The Morgan fingerprint density at radius 1 is 0.885 bits per heavy atom. The fourth-order valence-corrected chi connectivity index (χ4v) is 14.8. The van der Waals surface area contributed by atoms with E-state index in [1.54, 1.807) is 18.2 Å². The lowest BCUT2D eigenvalue weighted by molar-refractivity contribution is -0.246. The molecule has 0 aromatic rings. The van der Waals surface area contributed by atoms with Crippen LogP contribution in [0.3, 0.4) is 0 Å². The van der Waals surface area contributed by atoms with Gasteiger partial charge in [-0.05, 0) is 131 Å². The number of hydrogen-bond acceptors (Lipinski definition) is 7. The van der Waals surface area contributed by atoms with Crippen LogP contribution in [-0.4, -0.2) is 91.8 Å². The smallest absolute Gasteiger partial charge is 0.309 e. The Bertz CT molecular complexity index is 1520. The molecule has 1 saturated heterocycles. The van der Waals surface area contributed by atoms with E-state index in [9.17, 15) is 23.1 Å². The Morgan fingerprint density at radius 2 is 1.56 bits per heavy atom. The van der Waals surface area contributed by atoms with Gasteiger partial charge in [-0.1, -0.05) is 46.8 Å². The summed E-state index contributed by atoms with van der Waals surface area (Å²) in [5.41, 5.74) is 0.762. The van der Waals surface area contributed by atoms with Crippen LogP contribution in [-0.2, 0) is 24.3 Å². The normalized spacial score (nSPS) is 42.3. The third kappa shape index (κ3) is 6.53. The van der Waals surface area contributed by atoms with Crippen molar-refractivity contribution in [2.24, 2.45) is 56.7 Å². The average molecular weight is 746 g/mol. The number of carbonyl (C=O) groups excluding carboxylic acids is 1. The van der Waals surface area contributed by atoms with Gasteiger partial charge in [-0.2, -0.15) is 4.31 Å². The van der Waals surface area contributed by atoms with Crippen LogP contribution in [0.25, 0.3) is 0 Å². The van der Waals surface area contributed by atoms with Crippen LogP contribution in [0.2, 0.25) is 0 Å². The first-order chi connectivity index (χ1) is 24.0. The van der Waals surface area contributed by atoms with Gasteiger partial charge in [-0.15, -0.1) is 0 Å². The summed E-state index contributed by atoms with van der Waals surface area (Å²) >= 11 is 0. The van der Waals surface area contributed by atoms with Gasteiger partial charge in [0.15, 0.2) is 0 Å². The number of rotatable bonds is 10. The number of ether oxygens (including phenoxy) is 1. The number of carboxylic acids is 1. The number of allylic oxidation sites excluding steroid dienone is 1. The van der Waals surface area contributed by atoms with E-state index in [0.717, 1.165) is 45.4 Å². The lowest BCUT2D eigenvalue weighted by Crippen LogP contribution is -2.69. The predicted octanol–water partition coefficient (Wildman–Crippen LogP) is 6.98. The molecular formula is C42H71N3O6S.